The molecule has 0 radical (unpaired) electrons. The van der Waals surface area contributed by atoms with Crippen LogP contribution in [0, 0.1) is 6.92 Å². The van der Waals surface area contributed by atoms with Gasteiger partial charge in [-0.1, -0.05) is 0 Å². The first-order valence-electron chi connectivity index (χ1n) is 9.85. The van der Waals surface area contributed by atoms with Gasteiger partial charge in [0.1, 0.15) is 23.8 Å². The molecule has 0 atom stereocenters. The van der Waals surface area contributed by atoms with E-state index in [1.54, 1.807) is 12.5 Å². The summed E-state index contributed by atoms with van der Waals surface area (Å²) in [5.41, 5.74) is 1.93. The molecule has 0 bridgehead atoms. The Bertz CT molecular complexity index is 959. The van der Waals surface area contributed by atoms with Gasteiger partial charge in [0.15, 0.2) is 5.65 Å². The molecular formula is C19H24N8O. The van der Waals surface area contributed by atoms with Crippen molar-refractivity contribution in [3.8, 4) is 0 Å². The van der Waals surface area contributed by atoms with Crippen LogP contribution >= 0.6 is 0 Å². The van der Waals surface area contributed by atoms with Crippen molar-refractivity contribution in [2.24, 2.45) is 0 Å². The minimum absolute atomic E-state index is 0.478. The Morgan fingerprint density at radius 2 is 1.82 bits per heavy atom. The molecule has 2 saturated heterocycles. The summed E-state index contributed by atoms with van der Waals surface area (Å²) in [6.45, 7) is 7.19. The molecule has 146 valence electrons. The fraction of sp³-hybridized carbons (Fsp3) is 0.526. The molecule has 0 aromatic carbocycles. The quantitative estimate of drug-likeness (QED) is 0.733. The number of H-pyrrole nitrogens is 1. The maximum atomic E-state index is 5.50. The van der Waals surface area contributed by atoms with Crippen LogP contribution in [0.2, 0.25) is 0 Å². The lowest BCUT2D eigenvalue weighted by Gasteiger charge is -2.36. The van der Waals surface area contributed by atoms with Crippen molar-refractivity contribution in [1.29, 1.82) is 0 Å². The van der Waals surface area contributed by atoms with Crippen LogP contribution in [0.3, 0.4) is 0 Å². The minimum atomic E-state index is 0.478. The van der Waals surface area contributed by atoms with E-state index >= 15 is 0 Å². The normalized spacial score (nSPS) is 18.8. The van der Waals surface area contributed by atoms with Crippen molar-refractivity contribution >= 4 is 22.7 Å². The van der Waals surface area contributed by atoms with Gasteiger partial charge < -0.3 is 14.5 Å². The number of piperazine rings is 1. The molecule has 28 heavy (non-hydrogen) atoms. The molecule has 3 aromatic heterocycles. The van der Waals surface area contributed by atoms with E-state index in [0.29, 0.717) is 5.92 Å². The lowest BCUT2D eigenvalue weighted by molar-refractivity contribution is 0.0844. The van der Waals surface area contributed by atoms with Crippen LogP contribution in [0.15, 0.2) is 18.6 Å². The SMILES string of the molecule is Cc1nc(C2CCOCC2)cc(N2CCN(c3ncnc4[nH]ncc34)CC2)n1. The van der Waals surface area contributed by atoms with E-state index < -0.39 is 0 Å². The second-order valence-electron chi connectivity index (χ2n) is 7.39. The summed E-state index contributed by atoms with van der Waals surface area (Å²) in [7, 11) is 0. The number of ether oxygens (including phenoxy) is 1. The molecule has 1 N–H and O–H groups in total. The smallest absolute Gasteiger partial charge is 0.160 e. The second-order valence-corrected chi connectivity index (χ2v) is 7.39. The van der Waals surface area contributed by atoms with Gasteiger partial charge in [0.2, 0.25) is 0 Å². The number of fused-ring (bicyclic) bond motifs is 1. The summed E-state index contributed by atoms with van der Waals surface area (Å²) >= 11 is 0. The predicted molar refractivity (Wildman–Crippen MR) is 106 cm³/mol. The summed E-state index contributed by atoms with van der Waals surface area (Å²) < 4.78 is 5.50. The first kappa shape index (κ1) is 17.3. The fourth-order valence-corrected chi connectivity index (χ4v) is 4.09. The second kappa shape index (κ2) is 7.31. The molecule has 5 heterocycles. The summed E-state index contributed by atoms with van der Waals surface area (Å²) in [5.74, 6) is 3.30. The van der Waals surface area contributed by atoms with Crippen LogP contribution in [0.5, 0.6) is 0 Å². The van der Waals surface area contributed by atoms with Crippen LogP contribution in [-0.2, 0) is 4.74 Å². The van der Waals surface area contributed by atoms with Gasteiger partial charge >= 0.3 is 0 Å². The van der Waals surface area contributed by atoms with Crippen LogP contribution in [0.25, 0.3) is 11.0 Å². The number of aryl methyl sites for hydroxylation is 1. The van der Waals surface area contributed by atoms with Crippen LogP contribution in [0.4, 0.5) is 11.6 Å². The molecule has 0 saturated carbocycles. The number of aromatic amines is 1. The van der Waals surface area contributed by atoms with Gasteiger partial charge in [0.25, 0.3) is 0 Å². The molecule has 0 aliphatic carbocycles. The molecule has 0 unspecified atom stereocenters. The number of hydrogen-bond acceptors (Lipinski definition) is 8. The maximum Gasteiger partial charge on any atom is 0.160 e. The van der Waals surface area contributed by atoms with Crippen LogP contribution in [-0.4, -0.2) is 69.5 Å². The highest BCUT2D eigenvalue weighted by Gasteiger charge is 2.24. The zero-order chi connectivity index (χ0) is 18.9. The third kappa shape index (κ3) is 3.26. The third-order valence-electron chi connectivity index (χ3n) is 5.61. The van der Waals surface area contributed by atoms with Gasteiger partial charge in [-0.3, -0.25) is 5.10 Å². The molecule has 9 heteroatoms. The monoisotopic (exact) mass is 380 g/mol. The van der Waals surface area contributed by atoms with E-state index in [2.05, 4.69) is 36.0 Å². The molecular weight excluding hydrogens is 356 g/mol. The molecule has 5 rings (SSSR count). The van der Waals surface area contributed by atoms with Crippen molar-refractivity contribution in [1.82, 2.24) is 30.1 Å². The third-order valence-corrected chi connectivity index (χ3v) is 5.61. The summed E-state index contributed by atoms with van der Waals surface area (Å²) in [5, 5.41) is 7.97. The summed E-state index contributed by atoms with van der Waals surface area (Å²) in [6, 6.07) is 2.18. The number of aromatic nitrogens is 6. The van der Waals surface area contributed by atoms with E-state index in [1.807, 2.05) is 6.92 Å². The topological polar surface area (TPSA) is 96.0 Å². The Kier molecular flexibility index (Phi) is 4.52. The first-order chi connectivity index (χ1) is 13.8. The fourth-order valence-electron chi connectivity index (χ4n) is 4.09. The Morgan fingerprint density at radius 1 is 1.04 bits per heavy atom. The molecule has 0 spiro atoms. The molecule has 2 aliphatic heterocycles. The van der Waals surface area contributed by atoms with Gasteiger partial charge in [-0.25, -0.2) is 19.9 Å². The van der Waals surface area contributed by atoms with E-state index in [4.69, 9.17) is 14.7 Å². The van der Waals surface area contributed by atoms with Crippen molar-refractivity contribution < 1.29 is 4.74 Å². The lowest BCUT2D eigenvalue weighted by atomic mass is 9.96. The zero-order valence-electron chi connectivity index (χ0n) is 16.0. The highest BCUT2D eigenvalue weighted by Crippen LogP contribution is 2.28. The van der Waals surface area contributed by atoms with Gasteiger partial charge in [-0.05, 0) is 19.8 Å². The van der Waals surface area contributed by atoms with Crippen LogP contribution < -0.4 is 9.80 Å². The minimum Gasteiger partial charge on any atom is -0.381 e. The van der Waals surface area contributed by atoms with Gasteiger partial charge in [0.05, 0.1) is 11.6 Å². The zero-order valence-corrected chi connectivity index (χ0v) is 16.0. The van der Waals surface area contributed by atoms with E-state index in [9.17, 15) is 0 Å². The summed E-state index contributed by atoms with van der Waals surface area (Å²) in [4.78, 5) is 22.8. The standard InChI is InChI=1S/C19H24N8O/c1-13-23-16(14-2-8-28-9-3-14)10-17(24-13)26-4-6-27(7-5-26)19-15-11-22-25-18(15)20-12-21-19/h10-12,14H,2-9H2,1H3,(H,20,21,22,25). The predicted octanol–water partition coefficient (Wildman–Crippen LogP) is 1.67. The number of hydrogen-bond donors (Lipinski definition) is 1. The first-order valence-corrected chi connectivity index (χ1v) is 9.85. The molecule has 3 aromatic rings. The highest BCUT2D eigenvalue weighted by molar-refractivity contribution is 5.86. The van der Waals surface area contributed by atoms with E-state index in [1.165, 1.54) is 0 Å². The number of anilines is 2. The van der Waals surface area contributed by atoms with Crippen molar-refractivity contribution in [2.45, 2.75) is 25.7 Å². The Labute approximate surface area is 163 Å². The molecule has 2 fully saturated rings. The Balaban J connectivity index is 1.33. The number of nitrogens with one attached hydrogen (secondary N) is 1. The average molecular weight is 380 g/mol. The van der Waals surface area contributed by atoms with E-state index in [-0.39, 0.29) is 0 Å². The number of nitrogens with zero attached hydrogens (tertiary/aromatic N) is 7. The maximum absolute atomic E-state index is 5.50. The van der Waals surface area contributed by atoms with Crippen molar-refractivity contribution in [3.05, 3.63) is 30.1 Å². The lowest BCUT2D eigenvalue weighted by Crippen LogP contribution is -2.47. The van der Waals surface area contributed by atoms with Gasteiger partial charge in [-0.2, -0.15) is 5.10 Å². The molecule has 9 nitrogen and oxygen atoms in total. The Hall–Kier alpha value is -2.81. The highest BCUT2D eigenvalue weighted by atomic mass is 16.5. The van der Waals surface area contributed by atoms with Gasteiger partial charge in [0, 0.05) is 57.1 Å². The van der Waals surface area contributed by atoms with Crippen molar-refractivity contribution in [3.63, 3.8) is 0 Å². The summed E-state index contributed by atoms with van der Waals surface area (Å²) in [6.07, 6.45) is 5.47. The van der Waals surface area contributed by atoms with Gasteiger partial charge in [-0.15, -0.1) is 0 Å². The van der Waals surface area contributed by atoms with Crippen molar-refractivity contribution in [2.75, 3.05) is 49.2 Å². The Morgan fingerprint density at radius 3 is 2.64 bits per heavy atom. The molecule has 2 aliphatic rings. The average Bonchev–Trinajstić information content (AvgIpc) is 3.23. The molecule has 0 amide bonds. The van der Waals surface area contributed by atoms with Crippen LogP contribution in [0.1, 0.15) is 30.3 Å². The largest absolute Gasteiger partial charge is 0.381 e. The van der Waals surface area contributed by atoms with E-state index in [0.717, 1.165) is 86.4 Å². The number of rotatable bonds is 3.